The van der Waals surface area contributed by atoms with Crippen LogP contribution in [0.15, 0.2) is 59.5 Å². The number of carbonyl (C=O) groups excluding carboxylic acids is 2. The average molecular weight is 347 g/mol. The van der Waals surface area contributed by atoms with E-state index in [0.29, 0.717) is 0 Å². The molecule has 0 aliphatic rings. The Morgan fingerprint density at radius 2 is 1.62 bits per heavy atom. The fourth-order valence-electron chi connectivity index (χ4n) is 2.07. The molecule has 126 valence electrons. The maximum absolute atomic E-state index is 12.2. The van der Waals surface area contributed by atoms with E-state index in [9.17, 15) is 18.0 Å². The van der Waals surface area contributed by atoms with Gasteiger partial charge in [-0.15, -0.1) is 0 Å². The van der Waals surface area contributed by atoms with Crippen LogP contribution in [0.5, 0.6) is 0 Å². The van der Waals surface area contributed by atoms with Crippen LogP contribution in [0.3, 0.4) is 0 Å². The lowest BCUT2D eigenvalue weighted by Gasteiger charge is -2.10. The van der Waals surface area contributed by atoms with Gasteiger partial charge in [0.2, 0.25) is 5.91 Å². The third-order valence-corrected chi connectivity index (χ3v) is 5.04. The van der Waals surface area contributed by atoms with Crippen molar-refractivity contribution in [1.29, 1.82) is 0 Å². The van der Waals surface area contributed by atoms with Crippen LogP contribution >= 0.6 is 0 Å². The Bertz CT molecular complexity index is 831. The SMILES string of the molecule is COC(=O)c1ccccc1NC(=O)CCS(=O)(=O)c1ccccc1. The smallest absolute Gasteiger partial charge is 0.339 e. The van der Waals surface area contributed by atoms with Crippen molar-refractivity contribution in [2.24, 2.45) is 0 Å². The Morgan fingerprint density at radius 3 is 2.29 bits per heavy atom. The molecule has 2 rings (SSSR count). The first-order chi connectivity index (χ1) is 11.4. The molecular weight excluding hydrogens is 330 g/mol. The van der Waals surface area contributed by atoms with Gasteiger partial charge in [-0.05, 0) is 24.3 Å². The fourth-order valence-corrected chi connectivity index (χ4v) is 3.33. The molecule has 0 aliphatic heterocycles. The summed E-state index contributed by atoms with van der Waals surface area (Å²) < 4.78 is 29.0. The molecule has 6 nitrogen and oxygen atoms in total. The van der Waals surface area contributed by atoms with Gasteiger partial charge in [-0.3, -0.25) is 4.79 Å². The summed E-state index contributed by atoms with van der Waals surface area (Å²) >= 11 is 0. The van der Waals surface area contributed by atoms with Crippen molar-refractivity contribution in [2.45, 2.75) is 11.3 Å². The Morgan fingerprint density at radius 1 is 1.00 bits per heavy atom. The van der Waals surface area contributed by atoms with Crippen LogP contribution < -0.4 is 5.32 Å². The zero-order valence-electron chi connectivity index (χ0n) is 13.1. The van der Waals surface area contributed by atoms with Crippen LogP contribution in [0, 0.1) is 0 Å². The van der Waals surface area contributed by atoms with Gasteiger partial charge in [-0.25, -0.2) is 13.2 Å². The zero-order valence-corrected chi connectivity index (χ0v) is 13.9. The highest BCUT2D eigenvalue weighted by molar-refractivity contribution is 7.91. The lowest BCUT2D eigenvalue weighted by Crippen LogP contribution is -2.19. The quantitative estimate of drug-likeness (QED) is 0.810. The van der Waals surface area contributed by atoms with Crippen LogP contribution in [0.2, 0.25) is 0 Å². The van der Waals surface area contributed by atoms with E-state index in [2.05, 4.69) is 10.1 Å². The second-order valence-corrected chi connectivity index (χ2v) is 7.08. The molecule has 0 heterocycles. The number of ether oxygens (including phenoxy) is 1. The summed E-state index contributed by atoms with van der Waals surface area (Å²) in [7, 11) is -2.29. The van der Waals surface area contributed by atoms with E-state index in [1.807, 2.05) is 0 Å². The molecule has 1 amide bonds. The standard InChI is InChI=1S/C17H17NO5S/c1-23-17(20)14-9-5-6-10-15(14)18-16(19)11-12-24(21,22)13-7-3-2-4-8-13/h2-10H,11-12H2,1H3,(H,18,19). The number of anilines is 1. The lowest BCUT2D eigenvalue weighted by atomic mass is 10.2. The van der Waals surface area contributed by atoms with E-state index in [1.165, 1.54) is 25.3 Å². The first-order valence-corrected chi connectivity index (χ1v) is 8.84. The first-order valence-electron chi connectivity index (χ1n) is 7.19. The highest BCUT2D eigenvalue weighted by Gasteiger charge is 2.18. The number of carbonyl (C=O) groups is 2. The first kappa shape index (κ1) is 17.7. The molecule has 0 unspecified atom stereocenters. The number of amides is 1. The molecule has 0 bridgehead atoms. The van der Waals surface area contributed by atoms with Gasteiger partial charge < -0.3 is 10.1 Å². The highest BCUT2D eigenvalue weighted by Crippen LogP contribution is 2.17. The molecule has 7 heteroatoms. The number of para-hydroxylation sites is 1. The van der Waals surface area contributed by atoms with E-state index in [-0.39, 0.29) is 28.3 Å². The van der Waals surface area contributed by atoms with E-state index >= 15 is 0 Å². The van der Waals surface area contributed by atoms with Gasteiger partial charge in [0.25, 0.3) is 0 Å². The highest BCUT2D eigenvalue weighted by atomic mass is 32.2. The summed E-state index contributed by atoms with van der Waals surface area (Å²) in [4.78, 5) is 23.8. The van der Waals surface area contributed by atoms with Crippen molar-refractivity contribution < 1.29 is 22.7 Å². The summed E-state index contributed by atoms with van der Waals surface area (Å²) in [5.74, 6) is -1.39. The van der Waals surface area contributed by atoms with Crippen LogP contribution in [0.4, 0.5) is 5.69 Å². The third-order valence-electron chi connectivity index (χ3n) is 3.31. The van der Waals surface area contributed by atoms with Crippen LogP contribution in [0.1, 0.15) is 16.8 Å². The molecule has 0 saturated heterocycles. The minimum absolute atomic E-state index is 0.174. The zero-order chi connectivity index (χ0) is 17.6. The second kappa shape index (κ2) is 7.74. The largest absolute Gasteiger partial charge is 0.465 e. The summed E-state index contributed by atoms with van der Waals surface area (Å²) in [5.41, 5.74) is 0.491. The summed E-state index contributed by atoms with van der Waals surface area (Å²) in [6, 6.07) is 14.3. The van der Waals surface area contributed by atoms with Crippen molar-refractivity contribution in [2.75, 3.05) is 18.2 Å². The van der Waals surface area contributed by atoms with Gasteiger partial charge in [-0.1, -0.05) is 30.3 Å². The lowest BCUT2D eigenvalue weighted by molar-refractivity contribution is -0.115. The number of esters is 1. The normalized spacial score (nSPS) is 10.9. The molecular formula is C17H17NO5S. The van der Waals surface area contributed by atoms with E-state index in [0.717, 1.165) is 0 Å². The second-order valence-electron chi connectivity index (χ2n) is 4.97. The third kappa shape index (κ3) is 4.42. The maximum atomic E-state index is 12.2. The molecule has 0 saturated carbocycles. The van der Waals surface area contributed by atoms with E-state index in [4.69, 9.17) is 0 Å². The number of rotatable bonds is 6. The Hall–Kier alpha value is -2.67. The molecule has 0 radical (unpaired) electrons. The van der Waals surface area contributed by atoms with Gasteiger partial charge in [0, 0.05) is 6.42 Å². The summed E-state index contributed by atoms with van der Waals surface area (Å²) in [6.07, 6.45) is -0.216. The van der Waals surface area contributed by atoms with Gasteiger partial charge in [0.05, 0.1) is 29.0 Å². The van der Waals surface area contributed by atoms with Crippen LogP contribution in [0.25, 0.3) is 0 Å². The van der Waals surface area contributed by atoms with Gasteiger partial charge >= 0.3 is 5.97 Å². The number of methoxy groups -OCH3 is 1. The van der Waals surface area contributed by atoms with Crippen molar-refractivity contribution in [1.82, 2.24) is 0 Å². The molecule has 24 heavy (non-hydrogen) atoms. The number of sulfone groups is 1. The Balaban J connectivity index is 2.04. The number of nitrogens with one attached hydrogen (secondary N) is 1. The fraction of sp³-hybridized carbons (Fsp3) is 0.176. The molecule has 1 N–H and O–H groups in total. The topological polar surface area (TPSA) is 89.5 Å². The average Bonchev–Trinajstić information content (AvgIpc) is 2.60. The minimum atomic E-state index is -3.53. The minimum Gasteiger partial charge on any atom is -0.465 e. The summed E-state index contributed by atoms with van der Waals surface area (Å²) in [6.45, 7) is 0. The number of benzene rings is 2. The van der Waals surface area contributed by atoms with Gasteiger partial charge in [0.15, 0.2) is 9.84 Å². The predicted molar refractivity (Wildman–Crippen MR) is 89.5 cm³/mol. The maximum Gasteiger partial charge on any atom is 0.339 e. The van der Waals surface area contributed by atoms with Crippen LogP contribution in [-0.2, 0) is 19.4 Å². The van der Waals surface area contributed by atoms with Gasteiger partial charge in [0.1, 0.15) is 0 Å². The number of hydrogen-bond acceptors (Lipinski definition) is 5. The van der Waals surface area contributed by atoms with Crippen molar-refractivity contribution in [3.8, 4) is 0 Å². The molecule has 2 aromatic rings. The molecule has 0 aliphatic carbocycles. The van der Waals surface area contributed by atoms with Crippen molar-refractivity contribution in [3.63, 3.8) is 0 Å². The van der Waals surface area contributed by atoms with Crippen molar-refractivity contribution >= 4 is 27.4 Å². The summed E-state index contributed by atoms with van der Waals surface area (Å²) in [5, 5.41) is 2.55. The Kier molecular flexibility index (Phi) is 5.70. The molecule has 0 spiro atoms. The van der Waals surface area contributed by atoms with E-state index in [1.54, 1.807) is 36.4 Å². The molecule has 0 fully saturated rings. The Labute approximate surface area is 140 Å². The van der Waals surface area contributed by atoms with E-state index < -0.39 is 21.7 Å². The molecule has 0 aromatic heterocycles. The monoisotopic (exact) mass is 347 g/mol. The predicted octanol–water partition coefficient (Wildman–Crippen LogP) is 2.28. The van der Waals surface area contributed by atoms with Crippen LogP contribution in [-0.4, -0.2) is 33.2 Å². The molecule has 2 aromatic carbocycles. The molecule has 0 atom stereocenters. The van der Waals surface area contributed by atoms with Crippen molar-refractivity contribution in [3.05, 3.63) is 60.2 Å². The number of hydrogen-bond donors (Lipinski definition) is 1. The van der Waals surface area contributed by atoms with Gasteiger partial charge in [-0.2, -0.15) is 0 Å².